The molecule has 0 saturated carbocycles. The SMILES string of the molecule is CCOP(=O)(OCC)C1c2ccccc2C=C(c2ccc(OC)cc2)N1NS(=O)(=O)c1ccccc1. The Morgan fingerprint density at radius 2 is 1.50 bits per heavy atom. The Balaban J connectivity index is 1.94. The van der Waals surface area contributed by atoms with Gasteiger partial charge in [-0.05, 0) is 73.0 Å². The van der Waals surface area contributed by atoms with Gasteiger partial charge in [0.05, 0.1) is 30.9 Å². The molecule has 0 bridgehead atoms. The monoisotopic (exact) mass is 528 g/mol. The summed E-state index contributed by atoms with van der Waals surface area (Å²) >= 11 is 0. The zero-order chi connectivity index (χ0) is 25.8. The first kappa shape index (κ1) is 26.1. The minimum Gasteiger partial charge on any atom is -0.497 e. The lowest BCUT2D eigenvalue weighted by Gasteiger charge is -2.41. The number of benzene rings is 3. The van der Waals surface area contributed by atoms with Crippen LogP contribution in [-0.4, -0.2) is 33.8 Å². The van der Waals surface area contributed by atoms with Crippen LogP contribution in [0.15, 0.2) is 83.8 Å². The van der Waals surface area contributed by atoms with Crippen LogP contribution in [-0.2, 0) is 23.6 Å². The van der Waals surface area contributed by atoms with Gasteiger partial charge in [-0.2, -0.15) is 0 Å². The maximum Gasteiger partial charge on any atom is 0.359 e. The highest BCUT2D eigenvalue weighted by Gasteiger charge is 2.46. The van der Waals surface area contributed by atoms with E-state index in [1.54, 1.807) is 57.4 Å². The Kier molecular flexibility index (Phi) is 7.97. The molecule has 1 aliphatic heterocycles. The molecule has 1 unspecified atom stereocenters. The molecule has 36 heavy (non-hydrogen) atoms. The summed E-state index contributed by atoms with van der Waals surface area (Å²) in [6, 6.07) is 22.6. The van der Waals surface area contributed by atoms with Gasteiger partial charge in [0.25, 0.3) is 10.0 Å². The zero-order valence-corrected chi connectivity index (χ0v) is 22.0. The van der Waals surface area contributed by atoms with Gasteiger partial charge in [-0.3, -0.25) is 9.57 Å². The van der Waals surface area contributed by atoms with Crippen molar-refractivity contribution in [2.24, 2.45) is 0 Å². The summed E-state index contributed by atoms with van der Waals surface area (Å²) in [5.74, 6) is -0.424. The van der Waals surface area contributed by atoms with Crippen LogP contribution in [0.1, 0.15) is 36.3 Å². The first-order chi connectivity index (χ1) is 17.3. The highest BCUT2D eigenvalue weighted by Crippen LogP contribution is 2.64. The van der Waals surface area contributed by atoms with E-state index < -0.39 is 23.4 Å². The van der Waals surface area contributed by atoms with E-state index in [0.29, 0.717) is 22.6 Å². The molecule has 0 spiro atoms. The number of fused-ring (bicyclic) bond motifs is 1. The lowest BCUT2D eigenvalue weighted by Crippen LogP contribution is -2.45. The van der Waals surface area contributed by atoms with Crippen molar-refractivity contribution < 1.29 is 26.8 Å². The summed E-state index contributed by atoms with van der Waals surface area (Å²) in [5.41, 5.74) is 2.57. The van der Waals surface area contributed by atoms with Crippen molar-refractivity contribution in [2.75, 3.05) is 20.3 Å². The van der Waals surface area contributed by atoms with E-state index in [1.165, 1.54) is 17.1 Å². The van der Waals surface area contributed by atoms with E-state index in [1.807, 2.05) is 36.4 Å². The van der Waals surface area contributed by atoms with Crippen LogP contribution in [0.2, 0.25) is 0 Å². The van der Waals surface area contributed by atoms with Crippen molar-refractivity contribution in [1.29, 1.82) is 0 Å². The normalized spacial score (nSPS) is 15.8. The minimum atomic E-state index is -4.06. The Hall–Kier alpha value is -2.94. The molecule has 0 saturated heterocycles. The second kappa shape index (κ2) is 11.0. The fourth-order valence-electron chi connectivity index (χ4n) is 4.08. The molecule has 0 amide bonds. The lowest BCUT2D eigenvalue weighted by atomic mass is 9.99. The van der Waals surface area contributed by atoms with Crippen LogP contribution < -0.4 is 9.57 Å². The molecule has 1 atom stereocenters. The van der Waals surface area contributed by atoms with Gasteiger partial charge in [0.1, 0.15) is 5.75 Å². The van der Waals surface area contributed by atoms with Crippen LogP contribution in [0.3, 0.4) is 0 Å². The Labute approximate surface area is 212 Å². The average Bonchev–Trinajstić information content (AvgIpc) is 2.89. The van der Waals surface area contributed by atoms with Crippen molar-refractivity contribution in [2.45, 2.75) is 24.5 Å². The van der Waals surface area contributed by atoms with E-state index in [4.69, 9.17) is 13.8 Å². The molecule has 1 N–H and O–H groups in total. The number of ether oxygens (including phenoxy) is 1. The van der Waals surface area contributed by atoms with Crippen LogP contribution in [0.5, 0.6) is 5.75 Å². The Morgan fingerprint density at radius 3 is 2.11 bits per heavy atom. The first-order valence-corrected chi connectivity index (χ1v) is 14.6. The molecular weight excluding hydrogens is 499 g/mol. The number of rotatable bonds is 10. The number of hydrogen-bond acceptors (Lipinski definition) is 7. The molecule has 0 fully saturated rings. The fraction of sp³-hybridized carbons (Fsp3) is 0.231. The molecular formula is C26H29N2O6PS. The number of hydrazine groups is 1. The second-order valence-electron chi connectivity index (χ2n) is 7.91. The maximum atomic E-state index is 14.3. The second-order valence-corrected chi connectivity index (χ2v) is 11.7. The number of nitrogens with zero attached hydrogens (tertiary/aromatic N) is 1. The van der Waals surface area contributed by atoms with Gasteiger partial charge in [0, 0.05) is 0 Å². The highest BCUT2D eigenvalue weighted by atomic mass is 32.2. The number of methoxy groups -OCH3 is 1. The van der Waals surface area contributed by atoms with E-state index >= 15 is 0 Å². The van der Waals surface area contributed by atoms with Crippen molar-refractivity contribution >= 4 is 29.4 Å². The van der Waals surface area contributed by atoms with Crippen molar-refractivity contribution in [3.05, 3.63) is 95.6 Å². The number of hydrogen-bond donors (Lipinski definition) is 1. The molecule has 0 radical (unpaired) electrons. The summed E-state index contributed by atoms with van der Waals surface area (Å²) in [6.45, 7) is 3.69. The van der Waals surface area contributed by atoms with Gasteiger partial charge in [-0.1, -0.05) is 42.5 Å². The Bertz CT molecular complexity index is 1370. The Morgan fingerprint density at radius 1 is 0.889 bits per heavy atom. The van der Waals surface area contributed by atoms with Crippen molar-refractivity contribution in [1.82, 2.24) is 9.84 Å². The third kappa shape index (κ3) is 5.26. The predicted octanol–water partition coefficient (Wildman–Crippen LogP) is 5.67. The molecule has 3 aromatic carbocycles. The summed E-state index contributed by atoms with van der Waals surface area (Å²) in [6.07, 6.45) is 1.85. The van der Waals surface area contributed by atoms with E-state index in [0.717, 1.165) is 5.56 Å². The zero-order valence-electron chi connectivity index (χ0n) is 20.3. The highest BCUT2D eigenvalue weighted by molar-refractivity contribution is 7.89. The van der Waals surface area contributed by atoms with Gasteiger partial charge < -0.3 is 13.8 Å². The summed E-state index contributed by atoms with van der Waals surface area (Å²) in [7, 11) is -6.39. The molecule has 0 aromatic heterocycles. The molecule has 8 nitrogen and oxygen atoms in total. The van der Waals surface area contributed by atoms with Crippen molar-refractivity contribution in [3.63, 3.8) is 0 Å². The third-order valence-corrected chi connectivity index (χ3v) is 9.32. The molecule has 1 heterocycles. The molecule has 4 rings (SSSR count). The van der Waals surface area contributed by atoms with Crippen LogP contribution in [0.25, 0.3) is 11.8 Å². The average molecular weight is 529 g/mol. The predicted molar refractivity (Wildman–Crippen MR) is 140 cm³/mol. The van der Waals surface area contributed by atoms with Crippen LogP contribution in [0, 0.1) is 0 Å². The van der Waals surface area contributed by atoms with Gasteiger partial charge in [0.2, 0.25) is 0 Å². The van der Waals surface area contributed by atoms with Gasteiger partial charge >= 0.3 is 7.60 Å². The molecule has 0 aliphatic carbocycles. The van der Waals surface area contributed by atoms with E-state index in [-0.39, 0.29) is 18.1 Å². The molecule has 190 valence electrons. The van der Waals surface area contributed by atoms with E-state index in [2.05, 4.69) is 4.83 Å². The third-order valence-electron chi connectivity index (χ3n) is 5.65. The number of nitrogens with one attached hydrogen (secondary N) is 1. The van der Waals surface area contributed by atoms with Gasteiger partial charge in [-0.25, -0.2) is 8.42 Å². The minimum absolute atomic E-state index is 0.0688. The first-order valence-electron chi connectivity index (χ1n) is 11.5. The topological polar surface area (TPSA) is 94.2 Å². The smallest absolute Gasteiger partial charge is 0.359 e. The number of sulfonamides is 1. The van der Waals surface area contributed by atoms with Gasteiger partial charge in [-0.15, -0.1) is 4.83 Å². The van der Waals surface area contributed by atoms with Gasteiger partial charge in [0.15, 0.2) is 5.78 Å². The standard InChI is InChI=1S/C26H29N2O6PS/c1-4-33-35(29,34-5-2)26-24-14-10-9-11-21(24)19-25(20-15-17-22(32-3)18-16-20)28(26)27-36(30,31)23-12-7-6-8-13-23/h6-19,26-27H,4-5H2,1-3H3. The summed E-state index contributed by atoms with van der Waals surface area (Å²) in [5, 5.41) is 1.39. The summed E-state index contributed by atoms with van der Waals surface area (Å²) < 4.78 is 58.1. The maximum absolute atomic E-state index is 14.3. The quantitative estimate of drug-likeness (QED) is 0.339. The van der Waals surface area contributed by atoms with Crippen molar-refractivity contribution in [3.8, 4) is 5.75 Å². The molecule has 3 aromatic rings. The fourth-order valence-corrected chi connectivity index (χ4v) is 7.36. The summed E-state index contributed by atoms with van der Waals surface area (Å²) in [4.78, 5) is 2.74. The van der Waals surface area contributed by atoms with Crippen LogP contribution in [0.4, 0.5) is 0 Å². The van der Waals surface area contributed by atoms with E-state index in [9.17, 15) is 13.0 Å². The molecule has 10 heteroatoms. The van der Waals surface area contributed by atoms with Crippen LogP contribution >= 0.6 is 7.60 Å². The molecule has 1 aliphatic rings. The largest absolute Gasteiger partial charge is 0.497 e. The lowest BCUT2D eigenvalue weighted by molar-refractivity contribution is 0.181.